The Hall–Kier alpha value is -2.82. The number of nitrogens with one attached hydrogen (secondary N) is 1. The summed E-state index contributed by atoms with van der Waals surface area (Å²) in [5, 5.41) is 2.96. The van der Waals surface area contributed by atoms with Crippen molar-refractivity contribution in [3.05, 3.63) is 54.6 Å². The zero-order chi connectivity index (χ0) is 19.3. The minimum Gasteiger partial charge on any atom is -0.455 e. The molecule has 4 rings (SSSR count). The molecule has 28 heavy (non-hydrogen) atoms. The highest BCUT2D eigenvalue weighted by Gasteiger charge is 2.49. The molecule has 1 aliphatic carbocycles. The number of ether oxygens (including phenoxy) is 1. The average molecular weight is 378 g/mol. The number of carbonyl (C=O) groups excluding carboxylic acids is 2. The molecule has 2 unspecified atom stereocenters. The van der Waals surface area contributed by atoms with Crippen LogP contribution in [0.15, 0.2) is 54.6 Å². The fourth-order valence-corrected chi connectivity index (χ4v) is 3.78. The summed E-state index contributed by atoms with van der Waals surface area (Å²) in [6.07, 6.45) is 5.16. The van der Waals surface area contributed by atoms with E-state index >= 15 is 0 Å². The lowest BCUT2D eigenvalue weighted by molar-refractivity contribution is -0.134. The van der Waals surface area contributed by atoms with Gasteiger partial charge in [0, 0.05) is 13.1 Å². The van der Waals surface area contributed by atoms with Crippen molar-refractivity contribution in [1.82, 2.24) is 4.90 Å². The van der Waals surface area contributed by atoms with Gasteiger partial charge in [0.2, 0.25) is 11.8 Å². The third-order valence-corrected chi connectivity index (χ3v) is 5.48. The van der Waals surface area contributed by atoms with Crippen molar-refractivity contribution in [1.29, 1.82) is 0 Å². The number of para-hydroxylation sites is 3. The molecule has 5 nitrogen and oxygen atoms in total. The van der Waals surface area contributed by atoms with E-state index in [9.17, 15) is 9.59 Å². The van der Waals surface area contributed by atoms with E-state index in [1.807, 2.05) is 59.5 Å². The molecule has 1 N–H and O–H groups in total. The minimum absolute atomic E-state index is 0.0997. The van der Waals surface area contributed by atoms with Crippen molar-refractivity contribution in [3.63, 3.8) is 0 Å². The predicted octanol–water partition coefficient (Wildman–Crippen LogP) is 4.46. The fraction of sp³-hybridized carbons (Fsp3) is 0.391. The SMILES string of the molecule is O=C(Nc1ccccc1Oc1ccccc1)C1CC1C(=O)N1CCCCCC1. The third-order valence-electron chi connectivity index (χ3n) is 5.48. The van der Waals surface area contributed by atoms with E-state index in [4.69, 9.17) is 4.74 Å². The van der Waals surface area contributed by atoms with E-state index in [0.29, 0.717) is 23.6 Å². The maximum absolute atomic E-state index is 12.7. The van der Waals surface area contributed by atoms with E-state index in [-0.39, 0.29) is 23.7 Å². The molecule has 5 heteroatoms. The van der Waals surface area contributed by atoms with Crippen molar-refractivity contribution < 1.29 is 14.3 Å². The molecule has 1 saturated carbocycles. The smallest absolute Gasteiger partial charge is 0.228 e. The Kier molecular flexibility index (Phi) is 5.60. The molecule has 1 saturated heterocycles. The van der Waals surface area contributed by atoms with Gasteiger partial charge >= 0.3 is 0 Å². The van der Waals surface area contributed by atoms with Crippen molar-refractivity contribution in [3.8, 4) is 11.5 Å². The summed E-state index contributed by atoms with van der Waals surface area (Å²) in [5.41, 5.74) is 0.629. The number of amides is 2. The second-order valence-electron chi connectivity index (χ2n) is 7.59. The Balaban J connectivity index is 1.38. The molecule has 2 aliphatic rings. The number of anilines is 1. The van der Waals surface area contributed by atoms with Gasteiger partial charge in [0.1, 0.15) is 5.75 Å². The second kappa shape index (κ2) is 8.46. The van der Waals surface area contributed by atoms with Gasteiger partial charge in [-0.2, -0.15) is 0 Å². The number of carbonyl (C=O) groups is 2. The zero-order valence-electron chi connectivity index (χ0n) is 16.0. The molecule has 2 aromatic carbocycles. The van der Waals surface area contributed by atoms with Crippen molar-refractivity contribution in [2.75, 3.05) is 18.4 Å². The largest absolute Gasteiger partial charge is 0.455 e. The molecule has 0 spiro atoms. The first-order valence-corrected chi connectivity index (χ1v) is 10.1. The Bertz CT molecular complexity index is 829. The van der Waals surface area contributed by atoms with Crippen LogP contribution in [0, 0.1) is 11.8 Å². The molecule has 0 radical (unpaired) electrons. The van der Waals surface area contributed by atoms with Gasteiger partial charge in [0.05, 0.1) is 17.5 Å². The lowest BCUT2D eigenvalue weighted by Crippen LogP contribution is -2.34. The van der Waals surface area contributed by atoms with Gasteiger partial charge in [-0.25, -0.2) is 0 Å². The maximum atomic E-state index is 12.7. The number of likely N-dealkylation sites (tertiary alicyclic amines) is 1. The summed E-state index contributed by atoms with van der Waals surface area (Å²) in [4.78, 5) is 27.4. The monoisotopic (exact) mass is 378 g/mol. The average Bonchev–Trinajstić information content (AvgIpc) is 3.54. The summed E-state index contributed by atoms with van der Waals surface area (Å²) in [7, 11) is 0. The number of nitrogens with zero attached hydrogens (tertiary/aromatic N) is 1. The van der Waals surface area contributed by atoms with Crippen molar-refractivity contribution in [2.24, 2.45) is 11.8 Å². The number of hydrogen-bond acceptors (Lipinski definition) is 3. The van der Waals surface area contributed by atoms with Gasteiger partial charge in [-0.15, -0.1) is 0 Å². The Labute approximate surface area is 165 Å². The predicted molar refractivity (Wildman–Crippen MR) is 108 cm³/mol. The van der Waals surface area contributed by atoms with E-state index < -0.39 is 0 Å². The lowest BCUT2D eigenvalue weighted by atomic mass is 10.2. The van der Waals surface area contributed by atoms with Crippen LogP contribution in [-0.2, 0) is 9.59 Å². The first-order valence-electron chi connectivity index (χ1n) is 10.1. The standard InChI is InChI=1S/C23H26N2O3/c26-22(18-16-19(18)23(27)25-14-8-1-2-9-15-25)24-20-12-6-7-13-21(20)28-17-10-4-3-5-11-17/h3-7,10-13,18-19H,1-2,8-9,14-16H2,(H,24,26). The van der Waals surface area contributed by atoms with Crippen LogP contribution in [0.4, 0.5) is 5.69 Å². The van der Waals surface area contributed by atoms with Crippen LogP contribution in [0.2, 0.25) is 0 Å². The summed E-state index contributed by atoms with van der Waals surface area (Å²) >= 11 is 0. The van der Waals surface area contributed by atoms with Gasteiger partial charge < -0.3 is 15.0 Å². The molecule has 2 aromatic rings. The number of benzene rings is 2. The molecule has 0 bridgehead atoms. The molecule has 2 amide bonds. The van der Waals surface area contributed by atoms with Crippen LogP contribution in [0.5, 0.6) is 11.5 Å². The summed E-state index contributed by atoms with van der Waals surface area (Å²) < 4.78 is 5.90. The Morgan fingerprint density at radius 1 is 0.857 bits per heavy atom. The minimum atomic E-state index is -0.236. The zero-order valence-corrected chi connectivity index (χ0v) is 16.0. The highest BCUT2D eigenvalue weighted by atomic mass is 16.5. The molecule has 146 valence electrons. The molecular weight excluding hydrogens is 352 g/mol. The van der Waals surface area contributed by atoms with Crippen LogP contribution in [0.25, 0.3) is 0 Å². The normalized spacial score (nSPS) is 21.5. The summed E-state index contributed by atoms with van der Waals surface area (Å²) in [6, 6.07) is 16.9. The Morgan fingerprint density at radius 2 is 1.54 bits per heavy atom. The Morgan fingerprint density at radius 3 is 2.29 bits per heavy atom. The van der Waals surface area contributed by atoms with E-state index in [1.54, 1.807) is 0 Å². The van der Waals surface area contributed by atoms with E-state index in [1.165, 1.54) is 12.8 Å². The summed E-state index contributed by atoms with van der Waals surface area (Å²) in [5.74, 6) is 0.955. The number of rotatable bonds is 5. The van der Waals surface area contributed by atoms with Crippen LogP contribution in [0.1, 0.15) is 32.1 Å². The molecule has 1 heterocycles. The van der Waals surface area contributed by atoms with E-state index in [0.717, 1.165) is 25.9 Å². The molecule has 2 fully saturated rings. The first-order chi connectivity index (χ1) is 13.7. The molecular formula is C23H26N2O3. The second-order valence-corrected chi connectivity index (χ2v) is 7.59. The fourth-order valence-electron chi connectivity index (χ4n) is 3.78. The van der Waals surface area contributed by atoms with Crippen LogP contribution < -0.4 is 10.1 Å². The summed E-state index contributed by atoms with van der Waals surface area (Å²) in [6.45, 7) is 1.66. The van der Waals surface area contributed by atoms with Gasteiger partial charge in [-0.1, -0.05) is 43.2 Å². The molecule has 2 atom stereocenters. The quantitative estimate of drug-likeness (QED) is 0.836. The maximum Gasteiger partial charge on any atom is 0.228 e. The van der Waals surface area contributed by atoms with Crippen LogP contribution in [-0.4, -0.2) is 29.8 Å². The lowest BCUT2D eigenvalue weighted by Gasteiger charge is -2.20. The van der Waals surface area contributed by atoms with Crippen molar-refractivity contribution in [2.45, 2.75) is 32.1 Å². The van der Waals surface area contributed by atoms with Crippen molar-refractivity contribution >= 4 is 17.5 Å². The van der Waals surface area contributed by atoms with Gasteiger partial charge in [0.25, 0.3) is 0 Å². The topological polar surface area (TPSA) is 58.6 Å². The molecule has 1 aliphatic heterocycles. The highest BCUT2D eigenvalue weighted by molar-refractivity contribution is 6.00. The molecule has 0 aromatic heterocycles. The first kappa shape index (κ1) is 18.5. The van der Waals surface area contributed by atoms with Crippen LogP contribution >= 0.6 is 0 Å². The van der Waals surface area contributed by atoms with Gasteiger partial charge in [0.15, 0.2) is 5.75 Å². The van der Waals surface area contributed by atoms with E-state index in [2.05, 4.69) is 5.32 Å². The number of hydrogen-bond donors (Lipinski definition) is 1. The van der Waals surface area contributed by atoms with Crippen LogP contribution in [0.3, 0.4) is 0 Å². The highest BCUT2D eigenvalue weighted by Crippen LogP contribution is 2.42. The third kappa shape index (κ3) is 4.35. The van der Waals surface area contributed by atoms with Gasteiger partial charge in [-0.05, 0) is 43.5 Å². The van der Waals surface area contributed by atoms with Gasteiger partial charge in [-0.3, -0.25) is 9.59 Å².